The van der Waals surface area contributed by atoms with E-state index in [1.54, 1.807) is 0 Å². The summed E-state index contributed by atoms with van der Waals surface area (Å²) < 4.78 is 12.8. The molecule has 3 aliphatic rings. The van der Waals surface area contributed by atoms with Gasteiger partial charge in [-0.1, -0.05) is 103 Å². The van der Waals surface area contributed by atoms with E-state index in [9.17, 15) is 0 Å². The van der Waals surface area contributed by atoms with Gasteiger partial charge in [-0.15, -0.1) is 0 Å². The summed E-state index contributed by atoms with van der Waals surface area (Å²) in [5.41, 5.74) is 14.8. The minimum absolute atomic E-state index is 0.611. The Morgan fingerprint density at radius 3 is 2.15 bits per heavy atom. The monoisotopic (exact) mass is 693 g/mol. The van der Waals surface area contributed by atoms with E-state index >= 15 is 0 Å². The molecule has 5 nitrogen and oxygen atoms in total. The Morgan fingerprint density at radius 1 is 0.500 bits per heavy atom. The smallest absolute Gasteiger partial charge is 0.164 e. The number of nitrogens with zero attached hydrogens (tertiary/aromatic N) is 3. The Morgan fingerprint density at radius 2 is 1.24 bits per heavy atom. The quantitative estimate of drug-likeness (QED) is 0.184. The molecule has 0 saturated heterocycles. The van der Waals surface area contributed by atoms with Crippen LogP contribution in [-0.4, -0.2) is 15.0 Å². The van der Waals surface area contributed by atoms with Crippen molar-refractivity contribution in [2.75, 3.05) is 0 Å². The second kappa shape index (κ2) is 11.3. The fourth-order valence-corrected chi connectivity index (χ4v) is 9.08. The highest BCUT2D eigenvalue weighted by Crippen LogP contribution is 2.52. The van der Waals surface area contributed by atoms with Crippen LogP contribution in [0.25, 0.3) is 95.1 Å². The summed E-state index contributed by atoms with van der Waals surface area (Å²) in [6, 6.07) is 44.2. The van der Waals surface area contributed by atoms with E-state index in [1.807, 2.05) is 54.6 Å². The van der Waals surface area contributed by atoms with Crippen molar-refractivity contribution in [3.63, 3.8) is 0 Å². The molecule has 6 aromatic carbocycles. The largest absolute Gasteiger partial charge is 0.460 e. The summed E-state index contributed by atoms with van der Waals surface area (Å²) in [6.45, 7) is 0. The van der Waals surface area contributed by atoms with Crippen LogP contribution in [0, 0.1) is 0 Å². The van der Waals surface area contributed by atoms with Crippen LogP contribution >= 0.6 is 0 Å². The van der Waals surface area contributed by atoms with Crippen LogP contribution in [0.1, 0.15) is 41.7 Å². The molecule has 3 heterocycles. The van der Waals surface area contributed by atoms with Crippen molar-refractivity contribution in [2.24, 2.45) is 0 Å². The number of benzene rings is 6. The second-order valence-electron chi connectivity index (χ2n) is 14.5. The fraction of sp³-hybridized carbons (Fsp3) is 0.0816. The maximum Gasteiger partial charge on any atom is 0.164 e. The van der Waals surface area contributed by atoms with Gasteiger partial charge in [-0.25, -0.2) is 15.0 Å². The van der Waals surface area contributed by atoms with Crippen molar-refractivity contribution in [3.8, 4) is 34.2 Å². The highest BCUT2D eigenvalue weighted by Gasteiger charge is 2.31. The molecule has 3 aromatic heterocycles. The lowest BCUT2D eigenvalue weighted by atomic mass is 9.81. The molecule has 12 rings (SSSR count). The molecule has 9 aromatic rings. The highest BCUT2D eigenvalue weighted by atomic mass is 16.3. The van der Waals surface area contributed by atoms with Crippen LogP contribution in [0.15, 0.2) is 153 Å². The van der Waals surface area contributed by atoms with Crippen LogP contribution in [0.5, 0.6) is 0 Å². The zero-order valence-corrected chi connectivity index (χ0v) is 29.3. The number of hydrogen-bond donors (Lipinski definition) is 0. The molecule has 0 spiro atoms. The van der Waals surface area contributed by atoms with Crippen LogP contribution in [0.3, 0.4) is 0 Å². The van der Waals surface area contributed by atoms with Gasteiger partial charge in [0.2, 0.25) is 0 Å². The number of rotatable bonds is 4. The zero-order valence-electron chi connectivity index (χ0n) is 29.3. The molecule has 0 N–H and O–H groups in total. The molecule has 0 amide bonds. The van der Waals surface area contributed by atoms with Gasteiger partial charge in [0.05, 0.1) is 0 Å². The SMILES string of the molecule is C1=C(C2=C3C(=CCC2)c2cccc4cccc3c24)CCc2oc3cccc(-c4nc(-c5ccccc5)nc(-c5ccc6oc7ccccc7c6c5)n4)c3c21. The number of furan rings is 2. The van der Waals surface area contributed by atoms with Crippen molar-refractivity contribution < 1.29 is 8.83 Å². The van der Waals surface area contributed by atoms with Gasteiger partial charge in [0.1, 0.15) is 22.5 Å². The predicted octanol–water partition coefficient (Wildman–Crippen LogP) is 12.6. The zero-order chi connectivity index (χ0) is 35.3. The van der Waals surface area contributed by atoms with Gasteiger partial charge in [0.25, 0.3) is 0 Å². The maximum absolute atomic E-state index is 6.63. The van der Waals surface area contributed by atoms with Gasteiger partial charge >= 0.3 is 0 Å². The Kier molecular flexibility index (Phi) is 6.23. The van der Waals surface area contributed by atoms with Crippen LogP contribution in [0.2, 0.25) is 0 Å². The summed E-state index contributed by atoms with van der Waals surface area (Å²) in [7, 11) is 0. The van der Waals surface area contributed by atoms with E-state index < -0.39 is 0 Å². The average molecular weight is 694 g/mol. The lowest BCUT2D eigenvalue weighted by Crippen LogP contribution is -2.05. The first kappa shape index (κ1) is 29.7. The van der Waals surface area contributed by atoms with Crippen LogP contribution < -0.4 is 0 Å². The van der Waals surface area contributed by atoms with Crippen LogP contribution in [0.4, 0.5) is 0 Å². The predicted molar refractivity (Wildman–Crippen MR) is 218 cm³/mol. The third-order valence-corrected chi connectivity index (χ3v) is 11.5. The van der Waals surface area contributed by atoms with E-state index in [0.29, 0.717) is 17.5 Å². The highest BCUT2D eigenvalue weighted by molar-refractivity contribution is 6.24. The molecule has 0 fully saturated rings. The van der Waals surface area contributed by atoms with E-state index in [4.69, 9.17) is 23.8 Å². The molecule has 0 radical (unpaired) electrons. The molecule has 54 heavy (non-hydrogen) atoms. The number of para-hydroxylation sites is 1. The normalized spacial score (nSPS) is 14.9. The minimum Gasteiger partial charge on any atom is -0.460 e. The third kappa shape index (κ3) is 4.36. The number of aromatic nitrogens is 3. The van der Waals surface area contributed by atoms with Crippen molar-refractivity contribution in [1.29, 1.82) is 0 Å². The Balaban J connectivity index is 1.05. The van der Waals surface area contributed by atoms with Crippen molar-refractivity contribution in [3.05, 3.63) is 167 Å². The Labute approximate surface area is 310 Å². The van der Waals surface area contributed by atoms with Gasteiger partial charge in [-0.05, 0) is 99.9 Å². The van der Waals surface area contributed by atoms with E-state index in [-0.39, 0.29) is 0 Å². The van der Waals surface area contributed by atoms with Gasteiger partial charge in [-0.2, -0.15) is 0 Å². The summed E-state index contributed by atoms with van der Waals surface area (Å²) in [6.07, 6.45) is 8.71. The number of fused-ring (bicyclic) bond motifs is 9. The lowest BCUT2D eigenvalue weighted by Gasteiger charge is -2.23. The summed E-state index contributed by atoms with van der Waals surface area (Å²) >= 11 is 0. The molecular weight excluding hydrogens is 663 g/mol. The van der Waals surface area contributed by atoms with Crippen molar-refractivity contribution in [1.82, 2.24) is 15.0 Å². The molecule has 0 atom stereocenters. The third-order valence-electron chi connectivity index (χ3n) is 11.5. The number of aryl methyl sites for hydroxylation is 1. The molecule has 0 bridgehead atoms. The number of hydrogen-bond acceptors (Lipinski definition) is 5. The standard InChI is InChI=1S/C49H31N3O2/c1-2-10-29(11-3-1)47-50-48(31-23-25-41-38(27-31)33-14-4-5-20-40(33)53-41)52-49(51-47)37-19-9-21-43-46(37)39-26-30(22-24-42(39)54-43)32-15-8-17-35-34-16-6-12-28-13-7-18-36(44(28)34)45(32)35/h1-7,9-14,16-21,23,25-27H,8,15,22,24H2. The molecule has 0 unspecified atom stereocenters. The van der Waals surface area contributed by atoms with Gasteiger partial charge < -0.3 is 8.83 Å². The second-order valence-corrected chi connectivity index (χ2v) is 14.5. The van der Waals surface area contributed by atoms with E-state index in [2.05, 4.69) is 84.9 Å². The average Bonchev–Trinajstić information content (AvgIpc) is 3.91. The first-order valence-corrected chi connectivity index (χ1v) is 18.7. The summed E-state index contributed by atoms with van der Waals surface area (Å²) in [5.74, 6) is 2.88. The minimum atomic E-state index is 0.611. The molecule has 3 aliphatic carbocycles. The molecule has 254 valence electrons. The first-order chi connectivity index (χ1) is 26.7. The van der Waals surface area contributed by atoms with E-state index in [1.165, 1.54) is 44.2 Å². The molecule has 0 saturated carbocycles. The van der Waals surface area contributed by atoms with E-state index in [0.717, 1.165) is 86.6 Å². The van der Waals surface area contributed by atoms with Gasteiger partial charge in [0, 0.05) is 44.8 Å². The van der Waals surface area contributed by atoms with Crippen LogP contribution in [-0.2, 0) is 6.42 Å². The maximum atomic E-state index is 6.63. The van der Waals surface area contributed by atoms with Crippen molar-refractivity contribution >= 4 is 60.9 Å². The topological polar surface area (TPSA) is 65.0 Å². The molecular formula is C49H31N3O2. The van der Waals surface area contributed by atoms with Gasteiger partial charge in [-0.3, -0.25) is 0 Å². The van der Waals surface area contributed by atoms with Crippen molar-refractivity contribution in [2.45, 2.75) is 25.7 Å². The summed E-state index contributed by atoms with van der Waals surface area (Å²) in [4.78, 5) is 15.4. The fourth-order valence-electron chi connectivity index (χ4n) is 9.08. The summed E-state index contributed by atoms with van der Waals surface area (Å²) in [5, 5.41) is 5.84. The molecule has 5 heteroatoms. The van der Waals surface area contributed by atoms with Gasteiger partial charge in [0.15, 0.2) is 17.5 Å². The lowest BCUT2D eigenvalue weighted by molar-refractivity contribution is 0.543. The number of allylic oxidation sites excluding steroid dienone is 5. The Bertz CT molecular complexity index is 3150. The molecule has 0 aliphatic heterocycles. The Hall–Kier alpha value is -6.85. The first-order valence-electron chi connectivity index (χ1n) is 18.7.